The number of hydrogen-bond donors (Lipinski definition) is 1. The van der Waals surface area contributed by atoms with Crippen molar-refractivity contribution in [2.24, 2.45) is 0 Å². The van der Waals surface area contributed by atoms with E-state index in [2.05, 4.69) is 31.2 Å². The zero-order valence-corrected chi connectivity index (χ0v) is 11.7. The van der Waals surface area contributed by atoms with Gasteiger partial charge in [-0.1, -0.05) is 12.1 Å². The lowest BCUT2D eigenvalue weighted by atomic mass is 10.1. The molecule has 0 bridgehead atoms. The second-order valence-electron chi connectivity index (χ2n) is 3.94. The molecule has 0 saturated carbocycles. The van der Waals surface area contributed by atoms with E-state index >= 15 is 0 Å². The number of aromatic nitrogens is 2. The van der Waals surface area contributed by atoms with Crippen LogP contribution in [0.2, 0.25) is 0 Å². The summed E-state index contributed by atoms with van der Waals surface area (Å²) in [6.45, 7) is 1.89. The van der Waals surface area contributed by atoms with Crippen molar-refractivity contribution in [3.05, 3.63) is 56.8 Å². The predicted molar refractivity (Wildman–Crippen MR) is 74.9 cm³/mol. The molecule has 1 heterocycles. The molecule has 0 fully saturated rings. The van der Waals surface area contributed by atoms with E-state index in [1.807, 2.05) is 13.0 Å². The first kappa shape index (κ1) is 13.4. The SMILES string of the molecule is CC(Nc1ncc(Br)cn1)c1cccc([N+](=O)[O-])c1. The Morgan fingerprint density at radius 3 is 2.68 bits per heavy atom. The molecule has 1 atom stereocenters. The van der Waals surface area contributed by atoms with Crippen LogP contribution in [-0.2, 0) is 0 Å². The van der Waals surface area contributed by atoms with Gasteiger partial charge >= 0.3 is 0 Å². The van der Waals surface area contributed by atoms with Crippen LogP contribution in [0.1, 0.15) is 18.5 Å². The van der Waals surface area contributed by atoms with E-state index in [9.17, 15) is 10.1 Å². The van der Waals surface area contributed by atoms with Crippen molar-refractivity contribution in [2.45, 2.75) is 13.0 Å². The number of rotatable bonds is 4. The topological polar surface area (TPSA) is 81.0 Å². The number of nitro groups is 1. The molecule has 1 aromatic heterocycles. The third-order valence-electron chi connectivity index (χ3n) is 2.55. The van der Waals surface area contributed by atoms with Crippen molar-refractivity contribution in [1.29, 1.82) is 0 Å². The van der Waals surface area contributed by atoms with E-state index in [4.69, 9.17) is 0 Å². The smallest absolute Gasteiger partial charge is 0.269 e. The molecule has 6 nitrogen and oxygen atoms in total. The van der Waals surface area contributed by atoms with Crippen LogP contribution in [0.3, 0.4) is 0 Å². The Balaban J connectivity index is 2.15. The van der Waals surface area contributed by atoms with Crippen LogP contribution in [0.5, 0.6) is 0 Å². The quantitative estimate of drug-likeness (QED) is 0.689. The highest BCUT2D eigenvalue weighted by Gasteiger charge is 2.11. The van der Waals surface area contributed by atoms with Crippen LogP contribution in [0.25, 0.3) is 0 Å². The first-order valence-electron chi connectivity index (χ1n) is 5.54. The number of hydrogen-bond acceptors (Lipinski definition) is 5. The zero-order chi connectivity index (χ0) is 13.8. The van der Waals surface area contributed by atoms with E-state index in [1.54, 1.807) is 18.5 Å². The molecule has 0 saturated heterocycles. The summed E-state index contributed by atoms with van der Waals surface area (Å²) < 4.78 is 0.793. The molecule has 0 amide bonds. The van der Waals surface area contributed by atoms with Crippen molar-refractivity contribution in [2.75, 3.05) is 5.32 Å². The second kappa shape index (κ2) is 5.75. The largest absolute Gasteiger partial charge is 0.348 e. The van der Waals surface area contributed by atoms with Gasteiger partial charge in [0.15, 0.2) is 0 Å². The van der Waals surface area contributed by atoms with Gasteiger partial charge in [0.05, 0.1) is 15.4 Å². The zero-order valence-electron chi connectivity index (χ0n) is 10.1. The average molecular weight is 323 g/mol. The Morgan fingerprint density at radius 1 is 1.37 bits per heavy atom. The number of non-ortho nitro benzene ring substituents is 1. The Morgan fingerprint density at radius 2 is 2.05 bits per heavy atom. The molecule has 0 aliphatic heterocycles. The van der Waals surface area contributed by atoms with Gasteiger partial charge in [0.25, 0.3) is 5.69 Å². The summed E-state index contributed by atoms with van der Waals surface area (Å²) in [4.78, 5) is 18.5. The molecule has 0 radical (unpaired) electrons. The van der Waals surface area contributed by atoms with Gasteiger partial charge in [0, 0.05) is 24.5 Å². The fourth-order valence-corrected chi connectivity index (χ4v) is 1.78. The molecular weight excluding hydrogens is 312 g/mol. The highest BCUT2D eigenvalue weighted by atomic mass is 79.9. The van der Waals surface area contributed by atoms with E-state index in [1.165, 1.54) is 12.1 Å². The molecule has 0 spiro atoms. The van der Waals surface area contributed by atoms with Crippen LogP contribution in [0, 0.1) is 10.1 Å². The fraction of sp³-hybridized carbons (Fsp3) is 0.167. The van der Waals surface area contributed by atoms with Gasteiger partial charge in [-0.3, -0.25) is 10.1 Å². The maximum Gasteiger partial charge on any atom is 0.269 e. The summed E-state index contributed by atoms with van der Waals surface area (Å²) in [7, 11) is 0. The van der Waals surface area contributed by atoms with Gasteiger partial charge < -0.3 is 5.32 Å². The first-order chi connectivity index (χ1) is 9.06. The van der Waals surface area contributed by atoms with Gasteiger partial charge in [-0.15, -0.1) is 0 Å². The van der Waals surface area contributed by atoms with Gasteiger partial charge in [-0.2, -0.15) is 0 Å². The summed E-state index contributed by atoms with van der Waals surface area (Å²) in [6, 6.07) is 6.36. The summed E-state index contributed by atoms with van der Waals surface area (Å²) in [5.74, 6) is 0.474. The van der Waals surface area contributed by atoms with Crippen molar-refractivity contribution in [1.82, 2.24) is 9.97 Å². The molecule has 98 valence electrons. The number of nitro benzene ring substituents is 1. The lowest BCUT2D eigenvalue weighted by Crippen LogP contribution is -2.09. The minimum Gasteiger partial charge on any atom is -0.348 e. The first-order valence-corrected chi connectivity index (χ1v) is 6.34. The Bertz CT molecular complexity index is 589. The normalized spacial score (nSPS) is 11.9. The van der Waals surface area contributed by atoms with Crippen LogP contribution in [0.4, 0.5) is 11.6 Å². The lowest BCUT2D eigenvalue weighted by Gasteiger charge is -2.13. The van der Waals surface area contributed by atoms with E-state index in [0.717, 1.165) is 10.0 Å². The van der Waals surface area contributed by atoms with E-state index in [0.29, 0.717) is 5.95 Å². The number of nitrogens with one attached hydrogen (secondary N) is 1. The molecule has 1 N–H and O–H groups in total. The maximum atomic E-state index is 10.7. The van der Waals surface area contributed by atoms with Crippen molar-refractivity contribution >= 4 is 27.6 Å². The Labute approximate surface area is 118 Å². The number of benzene rings is 1. The number of nitrogens with zero attached hydrogens (tertiary/aromatic N) is 3. The minimum atomic E-state index is -0.410. The Kier molecular flexibility index (Phi) is 4.06. The molecule has 7 heteroatoms. The molecule has 2 aromatic rings. The minimum absolute atomic E-state index is 0.0721. The standard InChI is InChI=1S/C12H11BrN4O2/c1-8(16-12-14-6-10(13)7-15-12)9-3-2-4-11(5-9)17(18)19/h2-8H,1H3,(H,14,15,16). The van der Waals surface area contributed by atoms with Gasteiger partial charge in [0.1, 0.15) is 0 Å². The lowest BCUT2D eigenvalue weighted by molar-refractivity contribution is -0.384. The van der Waals surface area contributed by atoms with Gasteiger partial charge in [-0.25, -0.2) is 9.97 Å². The summed E-state index contributed by atoms with van der Waals surface area (Å²) >= 11 is 3.25. The van der Waals surface area contributed by atoms with Crippen LogP contribution in [0.15, 0.2) is 41.1 Å². The monoisotopic (exact) mass is 322 g/mol. The molecule has 2 rings (SSSR count). The molecule has 19 heavy (non-hydrogen) atoms. The average Bonchev–Trinajstić information content (AvgIpc) is 2.41. The molecule has 0 aliphatic carbocycles. The summed E-state index contributed by atoms with van der Waals surface area (Å²) in [5, 5.41) is 13.8. The highest BCUT2D eigenvalue weighted by molar-refractivity contribution is 9.10. The van der Waals surface area contributed by atoms with E-state index < -0.39 is 4.92 Å². The molecular formula is C12H11BrN4O2. The summed E-state index contributed by atoms with van der Waals surface area (Å²) in [6.07, 6.45) is 3.27. The number of anilines is 1. The van der Waals surface area contributed by atoms with Gasteiger partial charge in [0.2, 0.25) is 5.95 Å². The van der Waals surface area contributed by atoms with E-state index in [-0.39, 0.29) is 11.7 Å². The van der Waals surface area contributed by atoms with Crippen LogP contribution >= 0.6 is 15.9 Å². The van der Waals surface area contributed by atoms with Gasteiger partial charge in [-0.05, 0) is 28.4 Å². The van der Waals surface area contributed by atoms with Crippen LogP contribution in [-0.4, -0.2) is 14.9 Å². The second-order valence-corrected chi connectivity index (χ2v) is 4.86. The molecule has 1 aromatic carbocycles. The predicted octanol–water partition coefficient (Wildman–Crippen LogP) is 3.32. The fourth-order valence-electron chi connectivity index (χ4n) is 1.57. The van der Waals surface area contributed by atoms with Crippen LogP contribution < -0.4 is 5.32 Å². The Hall–Kier alpha value is -2.02. The van der Waals surface area contributed by atoms with Crippen molar-refractivity contribution < 1.29 is 4.92 Å². The summed E-state index contributed by atoms with van der Waals surface area (Å²) in [5.41, 5.74) is 0.878. The van der Waals surface area contributed by atoms with Crippen molar-refractivity contribution in [3.8, 4) is 0 Å². The maximum absolute atomic E-state index is 10.7. The number of halogens is 1. The third kappa shape index (κ3) is 3.47. The van der Waals surface area contributed by atoms with Crippen molar-refractivity contribution in [3.63, 3.8) is 0 Å². The highest BCUT2D eigenvalue weighted by Crippen LogP contribution is 2.21. The molecule has 1 unspecified atom stereocenters. The third-order valence-corrected chi connectivity index (χ3v) is 2.96. The molecule has 0 aliphatic rings.